The van der Waals surface area contributed by atoms with Crippen LogP contribution in [0.3, 0.4) is 0 Å². The third-order valence-electron chi connectivity index (χ3n) is 1.87. The van der Waals surface area contributed by atoms with E-state index in [4.69, 9.17) is 13.7 Å². The zero-order chi connectivity index (χ0) is 15.2. The van der Waals surface area contributed by atoms with Gasteiger partial charge in [-0.1, -0.05) is 0 Å². The van der Waals surface area contributed by atoms with Crippen LogP contribution in [0, 0.1) is 0 Å². The van der Waals surface area contributed by atoms with Crippen LogP contribution in [0.4, 0.5) is 0 Å². The average molecular weight is 374 g/mol. The van der Waals surface area contributed by atoms with Crippen LogP contribution in [0.25, 0.3) is 0 Å². The summed E-state index contributed by atoms with van der Waals surface area (Å²) in [5.41, 5.74) is 0. The second kappa shape index (κ2) is 6.20. The van der Waals surface area contributed by atoms with Crippen molar-refractivity contribution in [3.63, 3.8) is 0 Å². The minimum absolute atomic E-state index is 0. The van der Waals surface area contributed by atoms with E-state index in [0.29, 0.717) is 12.1 Å². The van der Waals surface area contributed by atoms with Gasteiger partial charge in [0.05, 0.1) is 4.90 Å². The summed E-state index contributed by atoms with van der Waals surface area (Å²) in [7, 11) is -15.0. The zero-order valence-corrected chi connectivity index (χ0v) is 12.0. The van der Waals surface area contributed by atoms with Gasteiger partial charge in [0.25, 0.3) is 30.4 Å². The Morgan fingerprint density at radius 3 is 1.25 bits per heavy atom. The molecule has 3 N–H and O–H groups in total. The van der Waals surface area contributed by atoms with Crippen LogP contribution < -0.4 is 0 Å². The van der Waals surface area contributed by atoms with Gasteiger partial charge in [-0.05, 0) is 12.1 Å². The van der Waals surface area contributed by atoms with Gasteiger partial charge < -0.3 is 0 Å². The van der Waals surface area contributed by atoms with Gasteiger partial charge in [0.1, 0.15) is 9.79 Å². The van der Waals surface area contributed by atoms with Crippen molar-refractivity contribution in [2.45, 2.75) is 19.6 Å². The molecule has 0 aliphatic heterocycles. The van der Waals surface area contributed by atoms with Crippen LogP contribution >= 0.6 is 12.6 Å². The third kappa shape index (κ3) is 4.66. The normalized spacial score (nSPS) is 12.8. The van der Waals surface area contributed by atoms with E-state index >= 15 is 0 Å². The van der Waals surface area contributed by atoms with E-state index in [1.165, 1.54) is 0 Å². The first-order valence-corrected chi connectivity index (χ1v) is 8.81. The van der Waals surface area contributed by atoms with Gasteiger partial charge in [-0.25, -0.2) is 0 Å². The van der Waals surface area contributed by atoms with Crippen molar-refractivity contribution in [2.75, 3.05) is 0 Å². The first kappa shape index (κ1) is 20.3. The molecule has 0 radical (unpaired) electrons. The van der Waals surface area contributed by atoms with Gasteiger partial charge in [0.15, 0.2) is 0 Å². The number of thiol groups is 1. The van der Waals surface area contributed by atoms with Crippen molar-refractivity contribution < 1.29 is 38.9 Å². The molecule has 20 heavy (non-hydrogen) atoms. The van der Waals surface area contributed by atoms with E-state index in [1.807, 2.05) is 0 Å². The summed E-state index contributed by atoms with van der Waals surface area (Å²) in [5, 5.41) is 0. The van der Waals surface area contributed by atoms with Crippen molar-refractivity contribution in [3.8, 4) is 0 Å². The van der Waals surface area contributed by atoms with Crippen LogP contribution in [0.15, 0.2) is 31.7 Å². The van der Waals surface area contributed by atoms with Crippen molar-refractivity contribution in [2.24, 2.45) is 0 Å². The number of hydrogen-bond donors (Lipinski definition) is 4. The molecule has 0 saturated carbocycles. The number of benzene rings is 1. The summed E-state index contributed by atoms with van der Waals surface area (Å²) >= 11 is 3.49. The van der Waals surface area contributed by atoms with Gasteiger partial charge in [-0.15, -0.1) is 12.6 Å². The van der Waals surface area contributed by atoms with E-state index in [1.54, 1.807) is 0 Å². The second-order valence-electron chi connectivity index (χ2n) is 3.19. The van der Waals surface area contributed by atoms with Crippen molar-refractivity contribution in [1.29, 1.82) is 0 Å². The molecule has 0 aliphatic rings. The quantitative estimate of drug-likeness (QED) is 0.297. The Morgan fingerprint density at radius 1 is 0.750 bits per heavy atom. The summed E-state index contributed by atoms with van der Waals surface area (Å²) in [6.45, 7) is 0. The molecule has 0 amide bonds. The molecule has 0 unspecified atom stereocenters. The summed E-state index contributed by atoms with van der Waals surface area (Å²) < 4.78 is 92.0. The molecule has 0 bridgehead atoms. The Hall–Kier alpha value is 0.300. The fraction of sp³-hybridized carbons (Fsp3) is 0. The Labute approximate surface area is 142 Å². The Kier molecular flexibility index (Phi) is 6.29. The SMILES string of the molecule is O=S(=O)(O)c1cc(S(=O)(=O)O)c(S)c(S(=O)(=O)O)c1.[NaH]. The fourth-order valence-electron chi connectivity index (χ4n) is 1.10. The molecule has 9 nitrogen and oxygen atoms in total. The standard InChI is InChI=1S/C6H6O9S4.Na.H/c7-17(8,9)3-1-4(18(10,11)12)6(16)5(2-3)19(13,14)15;;/h1-2,16H,(H,7,8,9)(H,10,11,12)(H,13,14,15);;. The molecular weight excluding hydrogens is 367 g/mol. The van der Waals surface area contributed by atoms with Crippen molar-refractivity contribution >= 4 is 72.5 Å². The van der Waals surface area contributed by atoms with Crippen LogP contribution in [-0.2, 0) is 30.4 Å². The molecule has 0 fully saturated rings. The molecule has 0 atom stereocenters. The van der Waals surface area contributed by atoms with Gasteiger partial charge in [-0.3, -0.25) is 13.7 Å². The maximum absolute atomic E-state index is 11.0. The van der Waals surface area contributed by atoms with Crippen molar-refractivity contribution in [1.82, 2.24) is 0 Å². The van der Waals surface area contributed by atoms with E-state index in [9.17, 15) is 25.3 Å². The molecule has 110 valence electrons. The second-order valence-corrected chi connectivity index (χ2v) is 7.84. The Morgan fingerprint density at radius 2 is 1.05 bits per heavy atom. The Bertz CT molecular complexity index is 783. The van der Waals surface area contributed by atoms with Gasteiger partial charge in [-0.2, -0.15) is 25.3 Å². The van der Waals surface area contributed by atoms with Crippen molar-refractivity contribution in [3.05, 3.63) is 12.1 Å². The molecule has 14 heteroatoms. The topological polar surface area (TPSA) is 163 Å². The summed E-state index contributed by atoms with van der Waals surface area (Å²) in [6, 6.07) is 0.587. The average Bonchev–Trinajstić information content (AvgIpc) is 2.11. The fourth-order valence-corrected chi connectivity index (χ4v) is 3.93. The van der Waals surface area contributed by atoms with Gasteiger partial charge in [0.2, 0.25) is 0 Å². The molecule has 0 saturated heterocycles. The molecule has 1 aromatic rings. The Balaban J connectivity index is 0.00000361. The van der Waals surface area contributed by atoms with E-state index in [2.05, 4.69) is 12.6 Å². The number of hydrogen-bond acceptors (Lipinski definition) is 7. The molecule has 0 heterocycles. The molecule has 1 aromatic carbocycles. The maximum atomic E-state index is 11.0. The summed E-state index contributed by atoms with van der Waals surface area (Å²) in [4.78, 5) is -4.43. The number of rotatable bonds is 3. The van der Waals surface area contributed by atoms with E-state index in [-0.39, 0.29) is 29.6 Å². The molecule has 0 aliphatic carbocycles. The van der Waals surface area contributed by atoms with Crippen LogP contribution in [-0.4, -0.2) is 68.5 Å². The molecule has 0 aromatic heterocycles. The predicted octanol–water partition coefficient (Wildman–Crippen LogP) is -0.933. The first-order valence-electron chi connectivity index (χ1n) is 4.04. The zero-order valence-electron chi connectivity index (χ0n) is 8.62. The predicted molar refractivity (Wildman–Crippen MR) is 70.3 cm³/mol. The van der Waals surface area contributed by atoms with Crippen LogP contribution in [0.5, 0.6) is 0 Å². The minimum atomic E-state index is -5.03. The summed E-state index contributed by atoms with van der Waals surface area (Å²) in [5.74, 6) is 0. The summed E-state index contributed by atoms with van der Waals surface area (Å²) in [6.07, 6.45) is 0. The monoisotopic (exact) mass is 374 g/mol. The van der Waals surface area contributed by atoms with E-state index < -0.39 is 49.9 Å². The first-order chi connectivity index (χ1) is 8.24. The molecular formula is C6H7NaO9S4. The van der Waals surface area contributed by atoms with Crippen LogP contribution in [0.2, 0.25) is 0 Å². The van der Waals surface area contributed by atoms with Gasteiger partial charge in [0, 0.05) is 4.90 Å². The molecule has 1 rings (SSSR count). The van der Waals surface area contributed by atoms with E-state index in [0.717, 1.165) is 0 Å². The third-order valence-corrected chi connectivity index (χ3v) is 5.24. The van der Waals surface area contributed by atoms with Gasteiger partial charge >= 0.3 is 29.6 Å². The van der Waals surface area contributed by atoms with Crippen LogP contribution in [0.1, 0.15) is 0 Å². The molecule has 0 spiro atoms.